The molecule has 1 aliphatic heterocycles. The molecule has 3 nitrogen and oxygen atoms in total. The Labute approximate surface area is 82.3 Å². The highest BCUT2D eigenvalue weighted by Gasteiger charge is 2.37. The second kappa shape index (κ2) is 2.82. The molecule has 1 aromatic rings. The van der Waals surface area contributed by atoms with Crippen molar-refractivity contribution in [2.45, 2.75) is 26.1 Å². The van der Waals surface area contributed by atoms with Crippen molar-refractivity contribution in [2.75, 3.05) is 0 Å². The molecule has 1 N–H and O–H groups in total. The number of carbonyl (C=O) groups excluding carboxylic acids is 1. The van der Waals surface area contributed by atoms with Gasteiger partial charge in [0.25, 0.3) is 0 Å². The smallest absolute Gasteiger partial charge is 0.339 e. The summed E-state index contributed by atoms with van der Waals surface area (Å²) < 4.78 is 5.20. The fourth-order valence-corrected chi connectivity index (χ4v) is 1.71. The highest BCUT2D eigenvalue weighted by atomic mass is 16.6. The Balaban J connectivity index is 2.59. The number of hydrogen-bond donors (Lipinski definition) is 1. The van der Waals surface area contributed by atoms with E-state index < -0.39 is 5.60 Å². The summed E-state index contributed by atoms with van der Waals surface area (Å²) in [7, 11) is 0. The first kappa shape index (κ1) is 9.21. The molecule has 2 rings (SSSR count). The largest absolute Gasteiger partial charge is 0.451 e. The van der Waals surface area contributed by atoms with Crippen LogP contribution >= 0.6 is 0 Å². The van der Waals surface area contributed by atoms with Gasteiger partial charge in [-0.05, 0) is 31.5 Å². The SMILES string of the molecule is CC1(C)OC(=O)c2ccc(CO)cc21. The van der Waals surface area contributed by atoms with Gasteiger partial charge in [0, 0.05) is 5.56 Å². The topological polar surface area (TPSA) is 46.5 Å². The summed E-state index contributed by atoms with van der Waals surface area (Å²) in [6, 6.07) is 5.26. The predicted molar refractivity (Wildman–Crippen MR) is 50.8 cm³/mol. The Morgan fingerprint density at radius 2 is 2.14 bits per heavy atom. The highest BCUT2D eigenvalue weighted by Crippen LogP contribution is 2.36. The summed E-state index contributed by atoms with van der Waals surface area (Å²) in [6.45, 7) is 3.67. The average Bonchev–Trinajstić information content (AvgIpc) is 2.37. The minimum atomic E-state index is -0.572. The van der Waals surface area contributed by atoms with Gasteiger partial charge in [0.15, 0.2) is 0 Å². The number of fused-ring (bicyclic) bond motifs is 1. The molecule has 0 amide bonds. The van der Waals surface area contributed by atoms with Gasteiger partial charge in [-0.25, -0.2) is 4.79 Å². The van der Waals surface area contributed by atoms with E-state index in [1.54, 1.807) is 12.1 Å². The van der Waals surface area contributed by atoms with E-state index in [1.807, 2.05) is 19.9 Å². The molecular formula is C11H12O3. The first-order valence-electron chi connectivity index (χ1n) is 4.52. The first-order valence-corrected chi connectivity index (χ1v) is 4.52. The van der Waals surface area contributed by atoms with Gasteiger partial charge in [-0.3, -0.25) is 0 Å². The van der Waals surface area contributed by atoms with E-state index in [-0.39, 0.29) is 12.6 Å². The standard InChI is InChI=1S/C11H12O3/c1-11(2)9-5-7(6-12)3-4-8(9)10(13)14-11/h3-5,12H,6H2,1-2H3. The first-order chi connectivity index (χ1) is 6.54. The summed E-state index contributed by atoms with van der Waals surface area (Å²) >= 11 is 0. The summed E-state index contributed by atoms with van der Waals surface area (Å²) in [4.78, 5) is 11.4. The van der Waals surface area contributed by atoms with Gasteiger partial charge in [-0.2, -0.15) is 0 Å². The summed E-state index contributed by atoms with van der Waals surface area (Å²) in [6.07, 6.45) is 0. The van der Waals surface area contributed by atoms with Gasteiger partial charge >= 0.3 is 5.97 Å². The number of esters is 1. The van der Waals surface area contributed by atoms with Gasteiger partial charge in [0.05, 0.1) is 12.2 Å². The van der Waals surface area contributed by atoms with Crippen LogP contribution in [-0.2, 0) is 16.9 Å². The number of hydrogen-bond acceptors (Lipinski definition) is 3. The lowest BCUT2D eigenvalue weighted by Gasteiger charge is -2.17. The van der Waals surface area contributed by atoms with Crippen molar-refractivity contribution in [3.8, 4) is 0 Å². The average molecular weight is 192 g/mol. The maximum atomic E-state index is 11.4. The minimum Gasteiger partial charge on any atom is -0.451 e. The van der Waals surface area contributed by atoms with Crippen molar-refractivity contribution in [1.82, 2.24) is 0 Å². The molecule has 74 valence electrons. The molecule has 1 heterocycles. The van der Waals surface area contributed by atoms with Crippen molar-refractivity contribution in [1.29, 1.82) is 0 Å². The Kier molecular flexibility index (Phi) is 1.86. The van der Waals surface area contributed by atoms with Crippen molar-refractivity contribution in [2.24, 2.45) is 0 Å². The maximum Gasteiger partial charge on any atom is 0.339 e. The number of ether oxygens (including phenoxy) is 1. The van der Waals surface area contributed by atoms with Crippen LogP contribution in [0.15, 0.2) is 18.2 Å². The van der Waals surface area contributed by atoms with Crippen LogP contribution < -0.4 is 0 Å². The second-order valence-electron chi connectivity index (χ2n) is 3.94. The molecule has 0 atom stereocenters. The number of cyclic esters (lactones) is 1. The van der Waals surface area contributed by atoms with E-state index in [0.29, 0.717) is 5.56 Å². The fourth-order valence-electron chi connectivity index (χ4n) is 1.71. The zero-order chi connectivity index (χ0) is 10.3. The van der Waals surface area contributed by atoms with E-state index in [0.717, 1.165) is 11.1 Å². The van der Waals surface area contributed by atoms with Gasteiger partial charge in [0.2, 0.25) is 0 Å². The van der Waals surface area contributed by atoms with Crippen LogP contribution in [0.3, 0.4) is 0 Å². The van der Waals surface area contributed by atoms with Gasteiger partial charge in [-0.15, -0.1) is 0 Å². The molecule has 0 fully saturated rings. The minimum absolute atomic E-state index is 0.0163. The molecule has 0 saturated heterocycles. The normalized spacial score (nSPS) is 17.8. The Morgan fingerprint density at radius 3 is 2.79 bits per heavy atom. The van der Waals surface area contributed by atoms with Crippen molar-refractivity contribution < 1.29 is 14.6 Å². The molecule has 0 saturated carbocycles. The Bertz CT molecular complexity index is 394. The molecule has 0 spiro atoms. The molecule has 0 aliphatic carbocycles. The zero-order valence-corrected chi connectivity index (χ0v) is 8.20. The molecule has 1 aromatic carbocycles. The molecule has 14 heavy (non-hydrogen) atoms. The second-order valence-corrected chi connectivity index (χ2v) is 3.94. The van der Waals surface area contributed by atoms with Crippen LogP contribution in [0, 0.1) is 0 Å². The number of aliphatic hydroxyl groups is 1. The number of aliphatic hydroxyl groups excluding tert-OH is 1. The molecule has 0 unspecified atom stereocenters. The fraction of sp³-hybridized carbons (Fsp3) is 0.364. The van der Waals surface area contributed by atoms with Gasteiger partial charge in [-0.1, -0.05) is 6.07 Å². The van der Waals surface area contributed by atoms with E-state index >= 15 is 0 Å². The van der Waals surface area contributed by atoms with Crippen molar-refractivity contribution in [3.05, 3.63) is 34.9 Å². The molecule has 0 radical (unpaired) electrons. The van der Waals surface area contributed by atoms with E-state index in [9.17, 15) is 4.79 Å². The maximum absolute atomic E-state index is 11.4. The van der Waals surface area contributed by atoms with E-state index in [1.165, 1.54) is 0 Å². The molecule has 0 bridgehead atoms. The highest BCUT2D eigenvalue weighted by molar-refractivity contribution is 5.94. The number of benzene rings is 1. The zero-order valence-electron chi connectivity index (χ0n) is 8.20. The van der Waals surface area contributed by atoms with E-state index in [4.69, 9.17) is 9.84 Å². The summed E-state index contributed by atoms with van der Waals surface area (Å²) in [5.74, 6) is -0.283. The quantitative estimate of drug-likeness (QED) is 0.687. The van der Waals surface area contributed by atoms with Crippen molar-refractivity contribution >= 4 is 5.97 Å². The van der Waals surface area contributed by atoms with Crippen LogP contribution in [0.1, 0.15) is 35.3 Å². The third kappa shape index (κ3) is 1.21. The molecular weight excluding hydrogens is 180 g/mol. The summed E-state index contributed by atoms with van der Waals surface area (Å²) in [5, 5.41) is 8.98. The monoisotopic (exact) mass is 192 g/mol. The number of rotatable bonds is 1. The third-order valence-electron chi connectivity index (χ3n) is 2.48. The molecule has 1 aliphatic rings. The van der Waals surface area contributed by atoms with Crippen LogP contribution in [0.5, 0.6) is 0 Å². The van der Waals surface area contributed by atoms with Crippen LogP contribution in [0.25, 0.3) is 0 Å². The Hall–Kier alpha value is -1.35. The number of carbonyl (C=O) groups is 1. The molecule has 3 heteroatoms. The Morgan fingerprint density at radius 1 is 1.43 bits per heavy atom. The summed E-state index contributed by atoms with van der Waals surface area (Å²) in [5.41, 5.74) is 1.69. The molecule has 0 aromatic heterocycles. The van der Waals surface area contributed by atoms with Gasteiger partial charge < -0.3 is 9.84 Å². The van der Waals surface area contributed by atoms with Crippen LogP contribution in [-0.4, -0.2) is 11.1 Å². The van der Waals surface area contributed by atoms with Crippen LogP contribution in [0.2, 0.25) is 0 Å². The van der Waals surface area contributed by atoms with Crippen LogP contribution in [0.4, 0.5) is 0 Å². The predicted octanol–water partition coefficient (Wildman–Crippen LogP) is 1.58. The lowest BCUT2D eigenvalue weighted by molar-refractivity contribution is 0.00952. The lowest BCUT2D eigenvalue weighted by Crippen LogP contribution is -2.16. The van der Waals surface area contributed by atoms with Gasteiger partial charge in [0.1, 0.15) is 5.60 Å². The van der Waals surface area contributed by atoms with E-state index in [2.05, 4.69) is 0 Å². The lowest BCUT2D eigenvalue weighted by atomic mass is 9.94. The van der Waals surface area contributed by atoms with Crippen molar-refractivity contribution in [3.63, 3.8) is 0 Å². The third-order valence-corrected chi connectivity index (χ3v) is 2.48.